The first-order valence-corrected chi connectivity index (χ1v) is 5.80. The van der Waals surface area contributed by atoms with Crippen LogP contribution in [0.25, 0.3) is 0 Å². The summed E-state index contributed by atoms with van der Waals surface area (Å²) in [6.45, 7) is 2.80. The summed E-state index contributed by atoms with van der Waals surface area (Å²) in [5.74, 6) is 0.769. The average molecular weight is 243 g/mol. The van der Waals surface area contributed by atoms with Gasteiger partial charge in [0.1, 0.15) is 12.4 Å². The summed E-state index contributed by atoms with van der Waals surface area (Å²) in [4.78, 5) is 0. The normalized spacial score (nSPS) is 12.8. The van der Waals surface area contributed by atoms with Gasteiger partial charge in [-0.25, -0.2) is 0 Å². The van der Waals surface area contributed by atoms with Crippen molar-refractivity contribution in [3.8, 4) is 0 Å². The zero-order valence-corrected chi connectivity index (χ0v) is 10.2. The number of nitrogens with one attached hydrogen (secondary N) is 1. The Bertz CT molecular complexity index is 263. The van der Waals surface area contributed by atoms with E-state index in [1.807, 2.05) is 12.1 Å². The van der Waals surface area contributed by atoms with Gasteiger partial charge in [0.15, 0.2) is 0 Å². The second-order valence-electron chi connectivity index (χ2n) is 3.80. The van der Waals surface area contributed by atoms with Crippen LogP contribution in [0.15, 0.2) is 22.8 Å². The largest absolute Gasteiger partial charge is 0.467 e. The zero-order valence-electron chi connectivity index (χ0n) is 10.2. The predicted octanol–water partition coefficient (Wildman–Crippen LogP) is 0.783. The molecule has 0 aliphatic rings. The molecule has 1 aromatic rings. The number of rotatable bonds is 10. The van der Waals surface area contributed by atoms with E-state index in [1.165, 1.54) is 0 Å². The van der Waals surface area contributed by atoms with E-state index in [9.17, 15) is 5.11 Å². The average Bonchev–Trinajstić information content (AvgIpc) is 2.82. The minimum absolute atomic E-state index is 0.304. The highest BCUT2D eigenvalue weighted by Gasteiger charge is 2.04. The molecule has 0 radical (unpaired) electrons. The van der Waals surface area contributed by atoms with Gasteiger partial charge in [-0.2, -0.15) is 0 Å². The standard InChI is InChI=1S/C12H21NO4/c1-15-6-3-5-13-8-11(14)9-16-10-12-4-2-7-17-12/h2,4,7,11,13-14H,3,5-6,8-10H2,1H3. The fourth-order valence-electron chi connectivity index (χ4n) is 1.36. The first-order chi connectivity index (χ1) is 8.33. The summed E-state index contributed by atoms with van der Waals surface area (Å²) < 4.78 is 15.3. The molecule has 17 heavy (non-hydrogen) atoms. The van der Waals surface area contributed by atoms with Gasteiger partial charge in [0.2, 0.25) is 0 Å². The highest BCUT2D eigenvalue weighted by atomic mass is 16.5. The third kappa shape index (κ3) is 7.12. The molecule has 1 rings (SSSR count). The molecule has 0 bridgehead atoms. The lowest BCUT2D eigenvalue weighted by atomic mass is 10.3. The van der Waals surface area contributed by atoms with Crippen LogP contribution in [-0.4, -0.2) is 44.6 Å². The van der Waals surface area contributed by atoms with Crippen molar-refractivity contribution in [2.24, 2.45) is 0 Å². The van der Waals surface area contributed by atoms with E-state index in [2.05, 4.69) is 5.32 Å². The number of hydrogen-bond acceptors (Lipinski definition) is 5. The Hall–Kier alpha value is -0.880. The van der Waals surface area contributed by atoms with Crippen LogP contribution >= 0.6 is 0 Å². The maximum absolute atomic E-state index is 9.58. The Kier molecular flexibility index (Phi) is 7.66. The van der Waals surface area contributed by atoms with Gasteiger partial charge in [-0.15, -0.1) is 0 Å². The maximum Gasteiger partial charge on any atom is 0.129 e. The van der Waals surface area contributed by atoms with E-state index in [-0.39, 0.29) is 0 Å². The van der Waals surface area contributed by atoms with Crippen LogP contribution in [0, 0.1) is 0 Å². The van der Waals surface area contributed by atoms with E-state index in [4.69, 9.17) is 13.9 Å². The fraction of sp³-hybridized carbons (Fsp3) is 0.667. The molecule has 5 heteroatoms. The Morgan fingerprint density at radius 3 is 3.12 bits per heavy atom. The first-order valence-electron chi connectivity index (χ1n) is 5.80. The monoisotopic (exact) mass is 243 g/mol. The summed E-state index contributed by atoms with van der Waals surface area (Å²) in [6, 6.07) is 3.65. The zero-order chi connectivity index (χ0) is 12.3. The van der Waals surface area contributed by atoms with Crippen LogP contribution in [-0.2, 0) is 16.1 Å². The van der Waals surface area contributed by atoms with Crippen molar-refractivity contribution in [3.63, 3.8) is 0 Å². The second kappa shape index (κ2) is 9.18. The molecular formula is C12H21NO4. The molecular weight excluding hydrogens is 222 g/mol. The Balaban J connectivity index is 1.92. The molecule has 1 unspecified atom stereocenters. The van der Waals surface area contributed by atoms with Gasteiger partial charge in [-0.05, 0) is 25.1 Å². The molecule has 0 amide bonds. The number of aliphatic hydroxyl groups is 1. The lowest BCUT2D eigenvalue weighted by molar-refractivity contribution is 0.0226. The molecule has 98 valence electrons. The van der Waals surface area contributed by atoms with Gasteiger partial charge in [0, 0.05) is 20.3 Å². The number of ether oxygens (including phenoxy) is 2. The van der Waals surface area contributed by atoms with E-state index >= 15 is 0 Å². The molecule has 2 N–H and O–H groups in total. The second-order valence-corrected chi connectivity index (χ2v) is 3.80. The van der Waals surface area contributed by atoms with Crippen molar-refractivity contribution in [1.29, 1.82) is 0 Å². The molecule has 0 spiro atoms. The number of hydrogen-bond donors (Lipinski definition) is 2. The van der Waals surface area contributed by atoms with Crippen molar-refractivity contribution in [1.82, 2.24) is 5.32 Å². The minimum Gasteiger partial charge on any atom is -0.467 e. The number of furan rings is 1. The smallest absolute Gasteiger partial charge is 0.129 e. The van der Waals surface area contributed by atoms with Crippen molar-refractivity contribution in [3.05, 3.63) is 24.2 Å². The summed E-state index contributed by atoms with van der Waals surface area (Å²) >= 11 is 0. The number of aliphatic hydroxyl groups excluding tert-OH is 1. The molecule has 0 aliphatic carbocycles. The van der Waals surface area contributed by atoms with Gasteiger partial charge in [0.25, 0.3) is 0 Å². The van der Waals surface area contributed by atoms with E-state index in [1.54, 1.807) is 13.4 Å². The van der Waals surface area contributed by atoms with Crippen LogP contribution < -0.4 is 5.32 Å². The quantitative estimate of drug-likeness (QED) is 0.595. The maximum atomic E-state index is 9.58. The van der Waals surface area contributed by atoms with E-state index in [0.29, 0.717) is 19.8 Å². The molecule has 1 aromatic heterocycles. The molecule has 0 saturated carbocycles. The molecule has 0 aromatic carbocycles. The van der Waals surface area contributed by atoms with Crippen LogP contribution in [0.3, 0.4) is 0 Å². The molecule has 0 saturated heterocycles. The van der Waals surface area contributed by atoms with Gasteiger partial charge < -0.3 is 24.3 Å². The predicted molar refractivity (Wildman–Crippen MR) is 63.7 cm³/mol. The summed E-state index contributed by atoms with van der Waals surface area (Å²) in [6.07, 6.45) is 2.05. The SMILES string of the molecule is COCCCNCC(O)COCc1ccco1. The Morgan fingerprint density at radius 1 is 1.53 bits per heavy atom. The van der Waals surface area contributed by atoms with Gasteiger partial charge >= 0.3 is 0 Å². The highest BCUT2D eigenvalue weighted by molar-refractivity contribution is 4.96. The molecule has 1 heterocycles. The van der Waals surface area contributed by atoms with Crippen LogP contribution in [0.2, 0.25) is 0 Å². The van der Waals surface area contributed by atoms with Crippen molar-refractivity contribution in [2.45, 2.75) is 19.1 Å². The fourth-order valence-corrected chi connectivity index (χ4v) is 1.36. The van der Waals surface area contributed by atoms with E-state index < -0.39 is 6.10 Å². The van der Waals surface area contributed by atoms with Crippen molar-refractivity contribution >= 4 is 0 Å². The Morgan fingerprint density at radius 2 is 2.41 bits per heavy atom. The first kappa shape index (κ1) is 14.2. The van der Waals surface area contributed by atoms with Crippen LogP contribution in [0.4, 0.5) is 0 Å². The summed E-state index contributed by atoms with van der Waals surface area (Å²) in [7, 11) is 1.68. The van der Waals surface area contributed by atoms with Crippen molar-refractivity contribution < 1.29 is 19.0 Å². The van der Waals surface area contributed by atoms with Crippen molar-refractivity contribution in [2.75, 3.05) is 33.4 Å². The highest BCUT2D eigenvalue weighted by Crippen LogP contribution is 2.01. The molecule has 0 aliphatic heterocycles. The van der Waals surface area contributed by atoms with Gasteiger partial charge in [0.05, 0.1) is 19.0 Å². The topological polar surface area (TPSA) is 63.9 Å². The third-order valence-corrected chi connectivity index (χ3v) is 2.22. The minimum atomic E-state index is -0.493. The molecule has 0 fully saturated rings. The van der Waals surface area contributed by atoms with E-state index in [0.717, 1.165) is 25.3 Å². The van der Waals surface area contributed by atoms with Gasteiger partial charge in [-0.3, -0.25) is 0 Å². The molecule has 5 nitrogen and oxygen atoms in total. The van der Waals surface area contributed by atoms with Crippen LogP contribution in [0.1, 0.15) is 12.2 Å². The van der Waals surface area contributed by atoms with Crippen LogP contribution in [0.5, 0.6) is 0 Å². The van der Waals surface area contributed by atoms with Gasteiger partial charge in [-0.1, -0.05) is 0 Å². The number of methoxy groups -OCH3 is 1. The summed E-state index contributed by atoms with van der Waals surface area (Å²) in [5, 5.41) is 12.7. The summed E-state index contributed by atoms with van der Waals surface area (Å²) in [5.41, 5.74) is 0. The lowest BCUT2D eigenvalue weighted by Crippen LogP contribution is -2.31. The third-order valence-electron chi connectivity index (χ3n) is 2.22. The Labute approximate surface area is 102 Å². The lowest BCUT2D eigenvalue weighted by Gasteiger charge is -2.11. The molecule has 1 atom stereocenters.